The van der Waals surface area contributed by atoms with Crippen molar-refractivity contribution in [1.29, 1.82) is 0 Å². The number of methoxy groups -OCH3 is 3. The largest absolute Gasteiger partial charge is 0.456 e. The Kier molecular flexibility index (Phi) is 16.0. The van der Waals surface area contributed by atoms with Crippen molar-refractivity contribution in [2.75, 3.05) is 34.5 Å². The molecule has 58 heavy (non-hydrogen) atoms. The van der Waals surface area contributed by atoms with Gasteiger partial charge in [-0.1, -0.05) is 44.6 Å². The number of rotatable bonds is 7. The quantitative estimate of drug-likeness (QED) is 0.182. The number of Topliss-reactive ketones (excluding diaryl/α,β-unsaturated/α-hetero) is 1. The lowest BCUT2D eigenvalue weighted by atomic mass is 9.78. The normalized spacial score (nSPS) is 43.7. The highest BCUT2D eigenvalue weighted by Crippen LogP contribution is 2.51. The Morgan fingerprint density at radius 2 is 1.62 bits per heavy atom. The molecule has 4 aliphatic heterocycles. The van der Waals surface area contributed by atoms with Gasteiger partial charge >= 0.3 is 5.97 Å². The lowest BCUT2D eigenvalue weighted by Crippen LogP contribution is -2.68. The zero-order valence-corrected chi connectivity index (χ0v) is 36.1. The van der Waals surface area contributed by atoms with Crippen molar-refractivity contribution < 1.29 is 58.1 Å². The number of hydrogen-bond donors (Lipinski definition) is 3. The van der Waals surface area contributed by atoms with Gasteiger partial charge in [0, 0.05) is 52.0 Å². The van der Waals surface area contributed by atoms with E-state index in [1.54, 1.807) is 34.3 Å². The zero-order valence-electron chi connectivity index (χ0n) is 36.1. The molecule has 13 nitrogen and oxygen atoms in total. The summed E-state index contributed by atoms with van der Waals surface area (Å²) < 4.78 is 36.5. The molecule has 0 aromatic rings. The van der Waals surface area contributed by atoms with Crippen LogP contribution in [0.1, 0.15) is 105 Å². The maximum absolute atomic E-state index is 14.8. The number of fused-ring (bicyclic) bond motifs is 4. The van der Waals surface area contributed by atoms with E-state index in [-0.39, 0.29) is 43.3 Å². The number of amides is 1. The fourth-order valence-electron chi connectivity index (χ4n) is 10.1. The van der Waals surface area contributed by atoms with Crippen LogP contribution in [-0.4, -0.2) is 133 Å². The summed E-state index contributed by atoms with van der Waals surface area (Å²) in [6.07, 6.45) is 6.30. The molecule has 5 rings (SSSR count). The number of carbonyl (C=O) groups is 3. The summed E-state index contributed by atoms with van der Waals surface area (Å²) in [6.45, 7) is 13.6. The average molecular weight is 818 g/mol. The van der Waals surface area contributed by atoms with Crippen LogP contribution in [0.25, 0.3) is 0 Å². The Hall–Kier alpha value is -2.49. The smallest absolute Gasteiger partial charge is 0.329 e. The zero-order chi connectivity index (χ0) is 42.5. The number of carbonyl (C=O) groups excluding carboxylic acids is 3. The van der Waals surface area contributed by atoms with E-state index in [1.165, 1.54) is 4.90 Å². The van der Waals surface area contributed by atoms with Gasteiger partial charge in [0.25, 0.3) is 5.91 Å². The molecule has 15 atom stereocenters. The van der Waals surface area contributed by atoms with Crippen molar-refractivity contribution in [2.24, 2.45) is 29.6 Å². The Bertz CT molecular complexity index is 1510. The minimum atomic E-state index is -2.04. The number of nitrogens with zero attached hydrogens (tertiary/aromatic N) is 1. The molecule has 3 saturated heterocycles. The second-order valence-corrected chi connectivity index (χ2v) is 18.1. The van der Waals surface area contributed by atoms with Crippen molar-refractivity contribution in [3.8, 4) is 0 Å². The van der Waals surface area contributed by atoms with Crippen molar-refractivity contribution in [3.05, 3.63) is 36.0 Å². The molecule has 1 aliphatic carbocycles. The molecule has 5 aliphatic rings. The Morgan fingerprint density at radius 1 is 0.948 bits per heavy atom. The number of ether oxygens (including phenoxy) is 6. The van der Waals surface area contributed by atoms with Crippen molar-refractivity contribution in [1.82, 2.24) is 4.90 Å². The van der Waals surface area contributed by atoms with E-state index in [0.29, 0.717) is 69.8 Å². The first-order valence-corrected chi connectivity index (χ1v) is 21.5. The van der Waals surface area contributed by atoms with Crippen LogP contribution in [0.4, 0.5) is 0 Å². The summed E-state index contributed by atoms with van der Waals surface area (Å²) in [5.41, 5.74) is -0.0431. The summed E-state index contributed by atoms with van der Waals surface area (Å²) >= 11 is 0. The third-order valence-electron chi connectivity index (χ3n) is 13.7. The summed E-state index contributed by atoms with van der Waals surface area (Å²) in [5.74, 6) is -5.05. The number of epoxide rings is 1. The van der Waals surface area contributed by atoms with E-state index in [2.05, 4.69) is 13.5 Å². The molecule has 13 heteroatoms. The maximum atomic E-state index is 14.8. The predicted octanol–water partition coefficient (Wildman–Crippen LogP) is 4.84. The second-order valence-electron chi connectivity index (χ2n) is 18.1. The number of allylic oxidation sites excluding steroid dienone is 4. The van der Waals surface area contributed by atoms with Gasteiger partial charge in [-0.25, -0.2) is 4.79 Å². The van der Waals surface area contributed by atoms with Gasteiger partial charge in [0.1, 0.15) is 24.0 Å². The van der Waals surface area contributed by atoms with E-state index in [0.717, 1.165) is 5.57 Å². The van der Waals surface area contributed by atoms with Crippen LogP contribution in [0.5, 0.6) is 0 Å². The third kappa shape index (κ3) is 9.99. The topological polar surface area (TPSA) is 174 Å². The average Bonchev–Trinajstić information content (AvgIpc) is 4.02. The molecule has 328 valence electrons. The van der Waals surface area contributed by atoms with E-state index >= 15 is 0 Å². The van der Waals surface area contributed by atoms with E-state index < -0.39 is 83.7 Å². The van der Waals surface area contributed by atoms with Crippen molar-refractivity contribution in [2.45, 2.75) is 165 Å². The van der Waals surface area contributed by atoms with E-state index in [1.807, 2.05) is 32.9 Å². The van der Waals surface area contributed by atoms with Gasteiger partial charge in [-0.2, -0.15) is 0 Å². The molecular weight excluding hydrogens is 746 g/mol. The molecule has 4 heterocycles. The molecule has 0 aromatic carbocycles. The molecule has 0 aromatic heterocycles. The van der Waals surface area contributed by atoms with E-state index in [4.69, 9.17) is 28.4 Å². The molecule has 0 radical (unpaired) electrons. The Morgan fingerprint density at radius 3 is 2.26 bits per heavy atom. The van der Waals surface area contributed by atoms with Gasteiger partial charge in [0.2, 0.25) is 11.4 Å². The predicted molar refractivity (Wildman–Crippen MR) is 216 cm³/mol. The van der Waals surface area contributed by atoms with Gasteiger partial charge < -0.3 is 48.6 Å². The number of aliphatic hydroxyl groups is 3. The summed E-state index contributed by atoms with van der Waals surface area (Å²) in [4.78, 5) is 44.7. The van der Waals surface area contributed by atoms with Gasteiger partial charge in [0.15, 0.2) is 0 Å². The molecule has 2 bridgehead atoms. The number of esters is 1. The number of hydrogen-bond acceptors (Lipinski definition) is 12. The lowest BCUT2D eigenvalue weighted by Gasteiger charge is -2.50. The first-order valence-electron chi connectivity index (χ1n) is 21.5. The number of ketones is 1. The van der Waals surface area contributed by atoms with Crippen LogP contribution in [0.3, 0.4) is 0 Å². The van der Waals surface area contributed by atoms with Crippen LogP contribution >= 0.6 is 0 Å². The molecular formula is C45H71NO12. The Labute approximate surface area is 345 Å². The molecule has 1 spiro atoms. The monoisotopic (exact) mass is 817 g/mol. The SMILES string of the molecule is C=CCC1/C=C(/C)CC(C)CC(OC)C2OC(O)(C(C)CC2OC)C2(CO2)C(=O)N2CCCCC2C(=O)OC(/C(C)=C/C2CCC(O)C(OC)C2)C(C)C(O)CC1=O. The van der Waals surface area contributed by atoms with Gasteiger partial charge in [-0.3, -0.25) is 9.59 Å². The second kappa shape index (κ2) is 19.9. The summed E-state index contributed by atoms with van der Waals surface area (Å²) in [7, 11) is 4.77. The van der Waals surface area contributed by atoms with Crippen molar-refractivity contribution in [3.63, 3.8) is 0 Å². The highest BCUT2D eigenvalue weighted by molar-refractivity contribution is 5.93. The van der Waals surface area contributed by atoms with Gasteiger partial charge in [0.05, 0.1) is 37.1 Å². The van der Waals surface area contributed by atoms with Gasteiger partial charge in [-0.15, -0.1) is 6.58 Å². The third-order valence-corrected chi connectivity index (χ3v) is 13.7. The van der Waals surface area contributed by atoms with Crippen LogP contribution in [0.2, 0.25) is 0 Å². The Balaban J connectivity index is 1.55. The van der Waals surface area contributed by atoms with E-state index in [9.17, 15) is 29.7 Å². The number of aliphatic hydroxyl groups excluding tert-OH is 2. The van der Waals surface area contributed by atoms with Crippen molar-refractivity contribution >= 4 is 17.7 Å². The summed E-state index contributed by atoms with van der Waals surface area (Å²) in [5, 5.41) is 34.8. The molecule has 1 amide bonds. The molecule has 3 N–H and O–H groups in total. The highest BCUT2D eigenvalue weighted by Gasteiger charge is 2.73. The van der Waals surface area contributed by atoms with Crippen LogP contribution in [0, 0.1) is 29.6 Å². The maximum Gasteiger partial charge on any atom is 0.329 e. The minimum absolute atomic E-state index is 0.0211. The van der Waals surface area contributed by atoms with Gasteiger partial charge in [-0.05, 0) is 95.5 Å². The lowest BCUT2D eigenvalue weighted by molar-refractivity contribution is -0.340. The summed E-state index contributed by atoms with van der Waals surface area (Å²) in [6, 6.07) is -0.983. The molecule has 4 fully saturated rings. The fourth-order valence-corrected chi connectivity index (χ4v) is 10.1. The first-order chi connectivity index (χ1) is 27.5. The first kappa shape index (κ1) is 46.6. The van der Waals surface area contributed by atoms with Crippen LogP contribution < -0.4 is 0 Å². The molecule has 1 saturated carbocycles. The minimum Gasteiger partial charge on any atom is -0.456 e. The fraction of sp³-hybridized carbons (Fsp3) is 0.800. The van der Waals surface area contributed by atoms with Crippen LogP contribution in [0.15, 0.2) is 36.0 Å². The van der Waals surface area contributed by atoms with Crippen LogP contribution in [-0.2, 0) is 42.8 Å². The highest BCUT2D eigenvalue weighted by atomic mass is 16.7. The number of piperidine rings is 1. The standard InChI is InChI=1S/C45H71NO12/c1-10-13-32-19-26(2)18-27(3)20-38(54-8)41-39(55-9)22-29(5)45(52,58-41)44(25-56-44)43(51)46-17-12-11-14-33(46)42(50)57-40(30(6)35(48)24-36(32)49)28(4)21-31-15-16-34(47)37(23-31)53-7/h10,19,21,27,29-35,37-41,47-48,52H,1,11-18,20,22-25H2,2-9H3/b26-19-,28-21+. The molecule has 15 unspecified atom stereocenters. The number of cyclic esters (lactones) is 1.